The van der Waals surface area contributed by atoms with Crippen molar-refractivity contribution in [2.24, 2.45) is 7.05 Å². The SMILES string of the molecule is CC(C)c1nn(C)cc1CNCc1cc2c(s1)CCC2. The molecule has 2 aromatic rings. The average Bonchev–Trinajstić information content (AvgIpc) is 3.03. The number of fused-ring (bicyclic) bond motifs is 1. The van der Waals surface area contributed by atoms with Crippen LogP contribution in [0.3, 0.4) is 0 Å². The molecule has 0 amide bonds. The van der Waals surface area contributed by atoms with E-state index in [0.29, 0.717) is 5.92 Å². The van der Waals surface area contributed by atoms with Gasteiger partial charge in [0.15, 0.2) is 0 Å². The van der Waals surface area contributed by atoms with Crippen molar-refractivity contribution in [1.82, 2.24) is 15.1 Å². The molecule has 4 heteroatoms. The fourth-order valence-electron chi connectivity index (χ4n) is 2.98. The van der Waals surface area contributed by atoms with Gasteiger partial charge in [-0.1, -0.05) is 13.8 Å². The topological polar surface area (TPSA) is 29.9 Å². The summed E-state index contributed by atoms with van der Waals surface area (Å²) in [6.45, 7) is 6.29. The summed E-state index contributed by atoms with van der Waals surface area (Å²) >= 11 is 1.99. The molecule has 20 heavy (non-hydrogen) atoms. The van der Waals surface area contributed by atoms with Crippen molar-refractivity contribution in [3.8, 4) is 0 Å². The molecule has 0 unspecified atom stereocenters. The zero-order valence-corrected chi connectivity index (χ0v) is 13.4. The summed E-state index contributed by atoms with van der Waals surface area (Å²) in [6, 6.07) is 2.40. The van der Waals surface area contributed by atoms with Gasteiger partial charge in [0.25, 0.3) is 0 Å². The quantitative estimate of drug-likeness (QED) is 0.914. The number of aryl methyl sites for hydroxylation is 3. The summed E-state index contributed by atoms with van der Waals surface area (Å²) in [4.78, 5) is 3.09. The lowest BCUT2D eigenvalue weighted by molar-refractivity contribution is 0.683. The van der Waals surface area contributed by atoms with Gasteiger partial charge in [0.1, 0.15) is 0 Å². The minimum Gasteiger partial charge on any atom is -0.308 e. The van der Waals surface area contributed by atoms with Gasteiger partial charge in [-0.15, -0.1) is 11.3 Å². The summed E-state index contributed by atoms with van der Waals surface area (Å²) in [5.74, 6) is 0.485. The summed E-state index contributed by atoms with van der Waals surface area (Å²) in [6.07, 6.45) is 6.06. The van der Waals surface area contributed by atoms with E-state index in [0.717, 1.165) is 13.1 Å². The Balaban J connectivity index is 1.59. The third kappa shape index (κ3) is 2.81. The Morgan fingerprint density at radius 2 is 2.20 bits per heavy atom. The first-order chi connectivity index (χ1) is 9.63. The fraction of sp³-hybridized carbons (Fsp3) is 0.562. The van der Waals surface area contributed by atoms with Crippen molar-refractivity contribution in [2.75, 3.05) is 0 Å². The fourth-order valence-corrected chi connectivity index (χ4v) is 4.21. The maximum Gasteiger partial charge on any atom is 0.0694 e. The van der Waals surface area contributed by atoms with Crippen LogP contribution in [0.2, 0.25) is 0 Å². The Kier molecular flexibility index (Phi) is 3.94. The van der Waals surface area contributed by atoms with Gasteiger partial charge in [-0.25, -0.2) is 0 Å². The Morgan fingerprint density at radius 1 is 1.35 bits per heavy atom. The van der Waals surface area contributed by atoms with Gasteiger partial charge < -0.3 is 5.32 Å². The first kappa shape index (κ1) is 13.8. The molecule has 0 saturated heterocycles. The lowest BCUT2D eigenvalue weighted by Gasteiger charge is -2.06. The van der Waals surface area contributed by atoms with E-state index in [1.807, 2.05) is 23.1 Å². The Hall–Kier alpha value is -1.13. The maximum absolute atomic E-state index is 4.56. The third-order valence-electron chi connectivity index (χ3n) is 3.90. The summed E-state index contributed by atoms with van der Waals surface area (Å²) < 4.78 is 1.92. The number of hydrogen-bond acceptors (Lipinski definition) is 3. The Labute approximate surface area is 125 Å². The molecular weight excluding hydrogens is 266 g/mol. The first-order valence-electron chi connectivity index (χ1n) is 7.47. The van der Waals surface area contributed by atoms with E-state index < -0.39 is 0 Å². The minimum absolute atomic E-state index is 0.485. The van der Waals surface area contributed by atoms with Crippen LogP contribution in [0, 0.1) is 0 Å². The molecule has 0 atom stereocenters. The van der Waals surface area contributed by atoms with Crippen molar-refractivity contribution in [2.45, 2.75) is 52.1 Å². The zero-order chi connectivity index (χ0) is 14.1. The molecule has 2 aromatic heterocycles. The van der Waals surface area contributed by atoms with Crippen molar-refractivity contribution < 1.29 is 0 Å². The number of thiophene rings is 1. The number of nitrogens with zero attached hydrogens (tertiary/aromatic N) is 2. The molecule has 3 nitrogen and oxygen atoms in total. The summed E-state index contributed by atoms with van der Waals surface area (Å²) in [7, 11) is 2.00. The minimum atomic E-state index is 0.485. The van der Waals surface area contributed by atoms with Crippen molar-refractivity contribution in [3.63, 3.8) is 0 Å². The van der Waals surface area contributed by atoms with Crippen LogP contribution in [-0.2, 0) is 33.0 Å². The highest BCUT2D eigenvalue weighted by Gasteiger charge is 2.15. The van der Waals surface area contributed by atoms with Crippen LogP contribution in [0.5, 0.6) is 0 Å². The number of rotatable bonds is 5. The normalized spacial score (nSPS) is 14.2. The van der Waals surface area contributed by atoms with Gasteiger partial charge in [0.2, 0.25) is 0 Å². The largest absolute Gasteiger partial charge is 0.308 e. The van der Waals surface area contributed by atoms with E-state index in [2.05, 4.69) is 36.5 Å². The van der Waals surface area contributed by atoms with Crippen LogP contribution in [0.4, 0.5) is 0 Å². The second kappa shape index (κ2) is 5.70. The van der Waals surface area contributed by atoms with Crippen molar-refractivity contribution in [3.05, 3.63) is 38.8 Å². The van der Waals surface area contributed by atoms with E-state index in [-0.39, 0.29) is 0 Å². The van der Waals surface area contributed by atoms with E-state index >= 15 is 0 Å². The van der Waals surface area contributed by atoms with Crippen LogP contribution in [0.15, 0.2) is 12.3 Å². The second-order valence-electron chi connectivity index (χ2n) is 5.99. The van der Waals surface area contributed by atoms with Gasteiger partial charge in [0.05, 0.1) is 5.69 Å². The molecule has 1 N–H and O–H groups in total. The molecule has 0 aliphatic heterocycles. The molecule has 0 spiro atoms. The standard InChI is InChI=1S/C16H23N3S/c1-11(2)16-13(10-19(3)18-16)8-17-9-14-7-12-5-4-6-15(12)20-14/h7,10-11,17H,4-6,8-9H2,1-3H3. The predicted molar refractivity (Wildman–Crippen MR) is 84.2 cm³/mol. The van der Waals surface area contributed by atoms with Crippen molar-refractivity contribution >= 4 is 11.3 Å². The van der Waals surface area contributed by atoms with Crippen LogP contribution < -0.4 is 5.32 Å². The lowest BCUT2D eigenvalue weighted by Crippen LogP contribution is -2.13. The van der Waals surface area contributed by atoms with Gasteiger partial charge in [-0.05, 0) is 36.8 Å². The van der Waals surface area contributed by atoms with Gasteiger partial charge in [-0.3, -0.25) is 4.68 Å². The number of aromatic nitrogens is 2. The summed E-state index contributed by atoms with van der Waals surface area (Å²) in [5, 5.41) is 8.13. The van der Waals surface area contributed by atoms with Crippen LogP contribution in [0.1, 0.15) is 52.8 Å². The molecule has 0 aromatic carbocycles. The molecule has 0 fully saturated rings. The van der Waals surface area contributed by atoms with E-state index in [1.54, 1.807) is 10.4 Å². The lowest BCUT2D eigenvalue weighted by atomic mass is 10.1. The molecule has 3 rings (SSSR count). The van der Waals surface area contributed by atoms with Crippen molar-refractivity contribution in [1.29, 1.82) is 0 Å². The van der Waals surface area contributed by atoms with E-state index in [9.17, 15) is 0 Å². The predicted octanol–water partition coefficient (Wildman–Crippen LogP) is 3.38. The molecule has 2 heterocycles. The highest BCUT2D eigenvalue weighted by atomic mass is 32.1. The smallest absolute Gasteiger partial charge is 0.0694 e. The third-order valence-corrected chi connectivity index (χ3v) is 5.13. The van der Waals surface area contributed by atoms with Gasteiger partial charge in [-0.2, -0.15) is 5.10 Å². The monoisotopic (exact) mass is 289 g/mol. The molecule has 0 bridgehead atoms. The molecule has 0 saturated carbocycles. The summed E-state index contributed by atoms with van der Waals surface area (Å²) in [5.41, 5.74) is 4.14. The van der Waals surface area contributed by atoms with Crippen LogP contribution >= 0.6 is 11.3 Å². The molecule has 1 aliphatic rings. The second-order valence-corrected chi connectivity index (χ2v) is 7.21. The van der Waals surface area contributed by atoms with Gasteiger partial charge in [0, 0.05) is 41.7 Å². The molecule has 108 valence electrons. The highest BCUT2D eigenvalue weighted by Crippen LogP contribution is 2.30. The Bertz CT molecular complexity index is 573. The average molecular weight is 289 g/mol. The molecular formula is C16H23N3S. The Morgan fingerprint density at radius 3 is 2.95 bits per heavy atom. The van der Waals surface area contributed by atoms with Crippen LogP contribution in [-0.4, -0.2) is 9.78 Å². The number of hydrogen-bond donors (Lipinski definition) is 1. The zero-order valence-electron chi connectivity index (χ0n) is 12.6. The maximum atomic E-state index is 4.56. The highest BCUT2D eigenvalue weighted by molar-refractivity contribution is 7.12. The van der Waals surface area contributed by atoms with E-state index in [4.69, 9.17) is 0 Å². The molecule has 0 radical (unpaired) electrons. The first-order valence-corrected chi connectivity index (χ1v) is 8.28. The number of nitrogens with one attached hydrogen (secondary N) is 1. The van der Waals surface area contributed by atoms with Gasteiger partial charge >= 0.3 is 0 Å². The molecule has 1 aliphatic carbocycles. The van der Waals surface area contributed by atoms with E-state index in [1.165, 1.54) is 35.4 Å². The van der Waals surface area contributed by atoms with Crippen LogP contribution in [0.25, 0.3) is 0 Å².